The Bertz CT molecular complexity index is 799. The van der Waals surface area contributed by atoms with Crippen molar-refractivity contribution in [2.45, 2.75) is 82.9 Å². The van der Waals surface area contributed by atoms with Gasteiger partial charge in [0.15, 0.2) is 0 Å². The molecule has 1 unspecified atom stereocenters. The zero-order valence-corrected chi connectivity index (χ0v) is 19.6. The van der Waals surface area contributed by atoms with Crippen LogP contribution in [0.25, 0.3) is 0 Å². The number of nitrogens with zero attached hydrogens (tertiary/aromatic N) is 1. The van der Waals surface area contributed by atoms with Crippen molar-refractivity contribution < 1.29 is 18.3 Å². The lowest BCUT2D eigenvalue weighted by Crippen LogP contribution is -2.46. The quantitative estimate of drug-likeness (QED) is 0.624. The van der Waals surface area contributed by atoms with Crippen molar-refractivity contribution in [3.63, 3.8) is 0 Å². The number of nitrogens with one attached hydrogen (secondary N) is 1. The molecular weight excluding hydrogens is 410 g/mol. The van der Waals surface area contributed by atoms with Gasteiger partial charge in [-0.1, -0.05) is 18.9 Å². The van der Waals surface area contributed by atoms with E-state index in [1.807, 2.05) is 0 Å². The Labute approximate surface area is 191 Å². The highest BCUT2D eigenvalue weighted by molar-refractivity contribution is 5.92. The zero-order chi connectivity index (χ0) is 22.8. The van der Waals surface area contributed by atoms with E-state index in [4.69, 9.17) is 4.74 Å². The number of carbonyl (C=O) groups is 1. The average molecular weight is 449 g/mol. The molecule has 1 aliphatic carbocycles. The summed E-state index contributed by atoms with van der Waals surface area (Å²) in [4.78, 5) is 14.6. The minimum absolute atomic E-state index is 0.0306. The van der Waals surface area contributed by atoms with Gasteiger partial charge in [-0.2, -0.15) is 0 Å². The number of hydrogen-bond donors (Lipinski definition) is 1. The summed E-state index contributed by atoms with van der Waals surface area (Å²) in [5.74, 6) is 0.162. The lowest BCUT2D eigenvalue weighted by atomic mass is 9.84. The van der Waals surface area contributed by atoms with Crippen molar-refractivity contribution in [2.24, 2.45) is 11.8 Å². The molecule has 3 aliphatic rings. The fraction of sp³-hybridized carbons (Fsp3) is 0.731. The summed E-state index contributed by atoms with van der Waals surface area (Å²) in [5, 5.41) is 2.83. The van der Waals surface area contributed by atoms with Gasteiger partial charge in [0.25, 0.3) is 0 Å². The van der Waals surface area contributed by atoms with Crippen LogP contribution >= 0.6 is 0 Å². The van der Waals surface area contributed by atoms with Crippen LogP contribution in [0.4, 0.5) is 14.5 Å². The van der Waals surface area contributed by atoms with Gasteiger partial charge in [0.1, 0.15) is 11.5 Å². The minimum atomic E-state index is -1.37. The van der Waals surface area contributed by atoms with E-state index >= 15 is 4.39 Å². The van der Waals surface area contributed by atoms with E-state index in [-0.39, 0.29) is 23.8 Å². The molecule has 0 bridgehead atoms. The first-order valence-electron chi connectivity index (χ1n) is 12.4. The second kappa shape index (κ2) is 9.76. The second-order valence-electron chi connectivity index (χ2n) is 10.9. The van der Waals surface area contributed by atoms with Crippen molar-refractivity contribution in [1.82, 2.24) is 4.90 Å². The van der Waals surface area contributed by atoms with Gasteiger partial charge in [0, 0.05) is 44.3 Å². The van der Waals surface area contributed by atoms with Gasteiger partial charge in [-0.25, -0.2) is 8.78 Å². The Morgan fingerprint density at radius 3 is 2.56 bits per heavy atom. The summed E-state index contributed by atoms with van der Waals surface area (Å²) in [6.45, 7) is 7.50. The SMILES string of the molecule is CC1(C)CC(CN2CCC(F)(Cc3ccc(NC(=O)C4CCCC4)cc3F)CC2)CCO1. The number of anilines is 1. The van der Waals surface area contributed by atoms with E-state index in [2.05, 4.69) is 24.1 Å². The van der Waals surface area contributed by atoms with Gasteiger partial charge < -0.3 is 15.0 Å². The van der Waals surface area contributed by atoms with E-state index in [1.54, 1.807) is 12.1 Å². The molecule has 178 valence electrons. The minimum Gasteiger partial charge on any atom is -0.376 e. The maximum Gasteiger partial charge on any atom is 0.227 e. The van der Waals surface area contributed by atoms with Crippen LogP contribution in [0.3, 0.4) is 0 Å². The summed E-state index contributed by atoms with van der Waals surface area (Å²) in [6.07, 6.45) is 7.02. The van der Waals surface area contributed by atoms with Crippen molar-refractivity contribution in [3.8, 4) is 0 Å². The molecule has 4 rings (SSSR count). The van der Waals surface area contributed by atoms with E-state index in [0.717, 1.165) is 51.7 Å². The molecule has 32 heavy (non-hydrogen) atoms. The number of likely N-dealkylation sites (tertiary alicyclic amines) is 1. The molecule has 0 spiro atoms. The van der Waals surface area contributed by atoms with Gasteiger partial charge in [-0.05, 0) is 76.0 Å². The van der Waals surface area contributed by atoms with Crippen molar-refractivity contribution in [3.05, 3.63) is 29.6 Å². The number of rotatable bonds is 6. The maximum absolute atomic E-state index is 15.5. The number of benzene rings is 1. The number of alkyl halides is 1. The molecule has 2 aliphatic heterocycles. The summed E-state index contributed by atoms with van der Waals surface area (Å²) in [7, 11) is 0. The standard InChI is InChI=1S/C26H38F2N2O2/c1-25(2)16-19(9-14-32-25)18-30-12-10-26(28,11-13-30)17-21-7-8-22(15-23(21)27)29-24(31)20-5-3-4-6-20/h7-8,15,19-20H,3-6,9-14,16-18H2,1-2H3,(H,29,31). The van der Waals surface area contributed by atoms with E-state index in [0.29, 0.717) is 43.1 Å². The third-order valence-electron chi connectivity index (χ3n) is 7.62. The lowest BCUT2D eigenvalue weighted by molar-refractivity contribution is -0.119. The Morgan fingerprint density at radius 1 is 1.19 bits per heavy atom. The Kier molecular flexibility index (Phi) is 7.21. The number of carbonyl (C=O) groups excluding carboxylic acids is 1. The van der Waals surface area contributed by atoms with E-state index in [9.17, 15) is 9.18 Å². The van der Waals surface area contributed by atoms with Crippen LogP contribution in [0.15, 0.2) is 18.2 Å². The first-order valence-corrected chi connectivity index (χ1v) is 12.4. The molecule has 1 saturated carbocycles. The molecule has 3 fully saturated rings. The summed E-state index contributed by atoms with van der Waals surface area (Å²) >= 11 is 0. The summed E-state index contributed by atoms with van der Waals surface area (Å²) in [5.41, 5.74) is -0.583. The summed E-state index contributed by atoms with van der Waals surface area (Å²) < 4.78 is 36.1. The van der Waals surface area contributed by atoms with Gasteiger partial charge in [-0.3, -0.25) is 4.79 Å². The first kappa shape index (κ1) is 23.6. The molecule has 1 atom stereocenters. The van der Waals surface area contributed by atoms with Gasteiger partial charge in [-0.15, -0.1) is 0 Å². The number of halogens is 2. The van der Waals surface area contributed by atoms with Crippen LogP contribution in [0, 0.1) is 17.7 Å². The molecule has 2 heterocycles. The fourth-order valence-electron chi connectivity index (χ4n) is 5.73. The first-order chi connectivity index (χ1) is 15.2. The van der Waals surface area contributed by atoms with Crippen LogP contribution in [0.1, 0.15) is 70.8 Å². The van der Waals surface area contributed by atoms with Crippen molar-refractivity contribution in [1.29, 1.82) is 0 Å². The maximum atomic E-state index is 15.5. The Hall–Kier alpha value is -1.53. The van der Waals surface area contributed by atoms with E-state index < -0.39 is 11.5 Å². The predicted octanol–water partition coefficient (Wildman–Crippen LogP) is 5.51. The Morgan fingerprint density at radius 2 is 1.91 bits per heavy atom. The van der Waals surface area contributed by atoms with Crippen LogP contribution in [0.5, 0.6) is 0 Å². The largest absolute Gasteiger partial charge is 0.376 e. The zero-order valence-electron chi connectivity index (χ0n) is 19.6. The number of ether oxygens (including phenoxy) is 1. The Balaban J connectivity index is 1.28. The highest BCUT2D eigenvalue weighted by atomic mass is 19.1. The number of amides is 1. The monoisotopic (exact) mass is 448 g/mol. The smallest absolute Gasteiger partial charge is 0.227 e. The molecule has 6 heteroatoms. The highest BCUT2D eigenvalue weighted by Crippen LogP contribution is 2.34. The van der Waals surface area contributed by atoms with Gasteiger partial charge >= 0.3 is 0 Å². The third-order valence-corrected chi connectivity index (χ3v) is 7.62. The van der Waals surface area contributed by atoms with Crippen LogP contribution < -0.4 is 5.32 Å². The average Bonchev–Trinajstić information content (AvgIpc) is 3.26. The second-order valence-corrected chi connectivity index (χ2v) is 10.9. The van der Waals surface area contributed by atoms with Gasteiger partial charge in [0.05, 0.1) is 5.60 Å². The molecule has 1 aromatic carbocycles. The normalized spacial score (nSPS) is 26.2. The number of piperidine rings is 1. The van der Waals surface area contributed by atoms with Crippen LogP contribution in [-0.4, -0.2) is 48.3 Å². The lowest BCUT2D eigenvalue weighted by Gasteiger charge is -2.41. The van der Waals surface area contributed by atoms with Crippen LogP contribution in [-0.2, 0) is 16.0 Å². The van der Waals surface area contributed by atoms with Crippen LogP contribution in [0.2, 0.25) is 0 Å². The van der Waals surface area contributed by atoms with Crippen molar-refractivity contribution in [2.75, 3.05) is 31.6 Å². The van der Waals surface area contributed by atoms with E-state index in [1.165, 1.54) is 6.07 Å². The van der Waals surface area contributed by atoms with Crippen molar-refractivity contribution >= 4 is 11.6 Å². The molecule has 1 N–H and O–H groups in total. The molecule has 0 radical (unpaired) electrons. The number of hydrogen-bond acceptors (Lipinski definition) is 3. The molecular formula is C26H38F2N2O2. The topological polar surface area (TPSA) is 41.6 Å². The highest BCUT2D eigenvalue weighted by Gasteiger charge is 2.37. The molecule has 1 amide bonds. The molecule has 1 aromatic rings. The third kappa shape index (κ3) is 6.07. The molecule has 0 aromatic heterocycles. The predicted molar refractivity (Wildman–Crippen MR) is 123 cm³/mol. The molecule has 2 saturated heterocycles. The van der Waals surface area contributed by atoms with Gasteiger partial charge in [0.2, 0.25) is 5.91 Å². The summed E-state index contributed by atoms with van der Waals surface area (Å²) in [6, 6.07) is 4.68. The molecule has 4 nitrogen and oxygen atoms in total. The fourth-order valence-corrected chi connectivity index (χ4v) is 5.73.